The molecule has 6 aromatic carbocycles. The molecule has 0 amide bonds. The van der Waals surface area contributed by atoms with Gasteiger partial charge in [-0.15, -0.1) is 30.6 Å². The number of rotatable bonds is 32. The summed E-state index contributed by atoms with van der Waals surface area (Å²) in [6.45, 7) is 22.6. The van der Waals surface area contributed by atoms with Crippen molar-refractivity contribution in [3.05, 3.63) is 163 Å². The van der Waals surface area contributed by atoms with Gasteiger partial charge in [0, 0.05) is 30.8 Å². The van der Waals surface area contributed by atoms with E-state index < -0.39 is 46.4 Å². The number of ether oxygens (including phenoxy) is 6. The van der Waals surface area contributed by atoms with Gasteiger partial charge >= 0.3 is 17.9 Å². The van der Waals surface area contributed by atoms with Crippen LogP contribution < -0.4 is 45.1 Å². The number of hydrogen-bond donors (Lipinski definition) is 9. The van der Waals surface area contributed by atoms with Crippen LogP contribution in [0.3, 0.4) is 0 Å². The molecule has 0 radical (unpaired) electrons. The molecule has 9 N–H and O–H groups in total. The van der Waals surface area contributed by atoms with Crippen LogP contribution in [0.5, 0.6) is 34.5 Å². The summed E-state index contributed by atoms with van der Waals surface area (Å²) in [7, 11) is 0. The average molecular weight is 1630 g/mol. The average Bonchev–Trinajstić information content (AvgIpc) is 1.75. The number of aromatic amines is 6. The highest BCUT2D eigenvalue weighted by Crippen LogP contribution is 2.40. The van der Waals surface area contributed by atoms with Crippen LogP contribution in [0, 0.1) is 11.8 Å². The predicted octanol–water partition coefficient (Wildman–Crippen LogP) is 12.0. The number of benzene rings is 6. The summed E-state index contributed by atoms with van der Waals surface area (Å²) in [4.78, 5) is 101. The Balaban J connectivity index is 0.000000173. The fraction of sp³-hybridized carbons (Fsp3) is 0.384. The van der Waals surface area contributed by atoms with Gasteiger partial charge in [0.15, 0.2) is 16.6 Å². The number of fused-ring (bicyclic) bond motifs is 3. The number of carbonyl (C=O) groups is 3. The SMILES string of the molecule is C.C.CCOc1cc(-c2ccc(OCCN3CCCC3)c(/C=C(\C)C(=O)O)c2)ccc1-c1nc2n[nH]nc2c(=O)[nH]1.CCOc1cc(-c2ccc(OCCN3CCCC3)c(CC(C)C(=O)O)c2)ccc1-c1nc2n[nH]nc2c(=O)[nH]1.CCOc1cc(-c2ccc(OCCN3CCCC3)c(CC(C)C(=O)O)c2)ccc1-c1nc2n[nH]nc2c(=O)[nH]1. The van der Waals surface area contributed by atoms with Gasteiger partial charge in [0.05, 0.1) is 48.3 Å². The monoisotopic (exact) mass is 1630 g/mol. The smallest absolute Gasteiger partial charge is 0.331 e. The first kappa shape index (κ1) is 86.8. The van der Waals surface area contributed by atoms with Gasteiger partial charge in [-0.1, -0.05) is 65.1 Å². The lowest BCUT2D eigenvalue weighted by molar-refractivity contribution is -0.142. The Morgan fingerprint density at radius 1 is 0.412 bits per heavy atom. The number of H-pyrrole nitrogens is 6. The number of likely N-dealkylation sites (tertiary alicyclic amines) is 3. The van der Waals surface area contributed by atoms with Crippen molar-refractivity contribution in [3.63, 3.8) is 0 Å². The summed E-state index contributed by atoms with van der Waals surface area (Å²) < 4.78 is 36.1. The molecule has 0 spiro atoms. The Morgan fingerprint density at radius 3 is 1.03 bits per heavy atom. The quantitative estimate of drug-likeness (QED) is 0.0177. The minimum atomic E-state index is -0.989. The van der Waals surface area contributed by atoms with E-state index in [2.05, 4.69) is 90.8 Å². The Kier molecular flexibility index (Phi) is 29.7. The topological polar surface area (TPSA) is 439 Å². The summed E-state index contributed by atoms with van der Waals surface area (Å²) in [5, 5.41) is 59.1. The molecule has 0 bridgehead atoms. The van der Waals surface area contributed by atoms with E-state index in [0.29, 0.717) is 127 Å². The number of carboxylic acids is 3. The van der Waals surface area contributed by atoms with Crippen LogP contribution in [-0.2, 0) is 27.2 Å². The van der Waals surface area contributed by atoms with Crippen molar-refractivity contribution in [2.24, 2.45) is 11.8 Å². The molecule has 33 heteroatoms. The highest BCUT2D eigenvalue weighted by molar-refractivity contribution is 5.92. The zero-order valence-corrected chi connectivity index (χ0v) is 66.0. The van der Waals surface area contributed by atoms with E-state index in [9.17, 15) is 44.1 Å². The molecule has 3 fully saturated rings. The van der Waals surface area contributed by atoms with Crippen LogP contribution in [-0.4, -0.2) is 223 Å². The first-order valence-corrected chi connectivity index (χ1v) is 39.4. The van der Waals surface area contributed by atoms with E-state index in [1.54, 1.807) is 26.8 Å². The molecule has 0 saturated carbocycles. The van der Waals surface area contributed by atoms with Gasteiger partial charge in [-0.25, -0.2) is 19.7 Å². The first-order chi connectivity index (χ1) is 56.8. The Hall–Kier alpha value is -13.0. The summed E-state index contributed by atoms with van der Waals surface area (Å²) in [5.74, 6) is 0.834. The Bertz CT molecular complexity index is 5510. The second-order valence-electron chi connectivity index (χ2n) is 28.8. The van der Waals surface area contributed by atoms with E-state index >= 15 is 0 Å². The second-order valence-corrected chi connectivity index (χ2v) is 28.8. The third-order valence-electron chi connectivity index (χ3n) is 20.5. The van der Waals surface area contributed by atoms with Gasteiger partial charge < -0.3 is 58.7 Å². The van der Waals surface area contributed by atoms with E-state index in [0.717, 1.165) is 103 Å². The van der Waals surface area contributed by atoms with Crippen molar-refractivity contribution < 1.29 is 58.1 Å². The largest absolute Gasteiger partial charge is 0.493 e. The molecule has 0 aliphatic carbocycles. The lowest BCUT2D eigenvalue weighted by atomic mass is 9.95. The Labute approximate surface area is 686 Å². The third-order valence-corrected chi connectivity index (χ3v) is 20.5. The van der Waals surface area contributed by atoms with E-state index in [1.165, 1.54) is 38.5 Å². The summed E-state index contributed by atoms with van der Waals surface area (Å²) in [5.41, 5.74) is 9.52. The number of aromatic nitrogens is 15. The molecule has 33 nitrogen and oxygen atoms in total. The predicted molar refractivity (Wildman–Crippen MR) is 452 cm³/mol. The fourth-order valence-electron chi connectivity index (χ4n) is 14.3. The first-order valence-electron chi connectivity index (χ1n) is 39.4. The van der Waals surface area contributed by atoms with Crippen molar-refractivity contribution in [2.75, 3.05) is 98.5 Å². The van der Waals surface area contributed by atoms with Crippen LogP contribution in [0.25, 0.3) is 107 Å². The highest BCUT2D eigenvalue weighted by atomic mass is 16.5. The maximum Gasteiger partial charge on any atom is 0.331 e. The summed E-state index contributed by atoms with van der Waals surface area (Å²) in [6.07, 6.45) is 9.63. The normalized spacial score (nSPS) is 14.2. The van der Waals surface area contributed by atoms with Gasteiger partial charge in [-0.3, -0.25) is 38.7 Å². The molecule has 12 aromatic rings. The van der Waals surface area contributed by atoms with Crippen LogP contribution >= 0.6 is 0 Å². The van der Waals surface area contributed by atoms with E-state index in [4.69, 9.17) is 28.4 Å². The minimum Gasteiger partial charge on any atom is -0.493 e. The molecule has 3 aliphatic rings. The van der Waals surface area contributed by atoms with Crippen molar-refractivity contribution in [2.45, 2.75) is 108 Å². The van der Waals surface area contributed by atoms with Crippen LogP contribution in [0.2, 0.25) is 0 Å². The molecule has 3 saturated heterocycles. The zero-order valence-electron chi connectivity index (χ0n) is 66.0. The van der Waals surface area contributed by atoms with Gasteiger partial charge in [0.2, 0.25) is 16.9 Å². The van der Waals surface area contributed by atoms with Gasteiger partial charge in [-0.2, -0.15) is 15.6 Å². The number of aliphatic carboxylic acids is 3. The van der Waals surface area contributed by atoms with Gasteiger partial charge in [0.25, 0.3) is 16.7 Å². The maximum absolute atomic E-state index is 12.4. The van der Waals surface area contributed by atoms with Crippen molar-refractivity contribution >= 4 is 57.5 Å². The number of carboxylic acid groups (broad SMARTS) is 3. The second kappa shape index (κ2) is 40.7. The Morgan fingerprint density at radius 2 is 0.714 bits per heavy atom. The maximum atomic E-state index is 12.4. The lowest BCUT2D eigenvalue weighted by Gasteiger charge is -2.18. The van der Waals surface area contributed by atoms with Gasteiger partial charge in [-0.05, 0) is 242 Å². The molecule has 9 heterocycles. The van der Waals surface area contributed by atoms with Crippen molar-refractivity contribution in [3.8, 4) is 102 Å². The standard InChI is InChI=1S/2C28H32N6O5.C28H30N6O5.2CH4/c3*1-3-38-23-16-19(6-8-21(23)25-29-26-24(27(35)30-25)31-33-32-26)18-7-9-22(20(15-18)14-17(2)28(36)37)39-13-12-34-10-4-5-11-34;;/h2*6-9,15-17H,3-5,10-14H2,1-2H3,(H,36,37)(H2,29,30,31,32,33,35);6-9,14-16H,3-5,10-13H2,1-2H3,(H,36,37)(H2,29,30,31,32,33,35);2*1H4/b;;17-14+;;. The summed E-state index contributed by atoms with van der Waals surface area (Å²) >= 11 is 0. The fourth-order valence-corrected chi connectivity index (χ4v) is 14.3. The molecule has 119 heavy (non-hydrogen) atoms. The number of hydrogen-bond acceptors (Lipinski definition) is 24. The van der Waals surface area contributed by atoms with Gasteiger partial charge in [0.1, 0.15) is 71.8 Å². The zero-order chi connectivity index (χ0) is 82.1. The van der Waals surface area contributed by atoms with Crippen molar-refractivity contribution in [1.29, 1.82) is 0 Å². The molecule has 626 valence electrons. The number of nitrogens with zero attached hydrogens (tertiary/aromatic N) is 12. The molecule has 3 aliphatic heterocycles. The lowest BCUT2D eigenvalue weighted by Crippen LogP contribution is -2.25. The molecule has 2 unspecified atom stereocenters. The van der Waals surface area contributed by atoms with E-state index in [1.807, 2.05) is 130 Å². The molecule has 6 aromatic heterocycles. The third kappa shape index (κ3) is 21.6. The van der Waals surface area contributed by atoms with Crippen LogP contribution in [0.1, 0.15) is 112 Å². The van der Waals surface area contributed by atoms with Crippen LogP contribution in [0.4, 0.5) is 0 Å². The summed E-state index contributed by atoms with van der Waals surface area (Å²) in [6, 6.07) is 34.3. The number of nitrogens with one attached hydrogen (secondary N) is 6. The van der Waals surface area contributed by atoms with Crippen molar-refractivity contribution in [1.82, 2.24) is 90.8 Å². The highest BCUT2D eigenvalue weighted by Gasteiger charge is 2.24. The molecule has 15 rings (SSSR count). The van der Waals surface area contributed by atoms with E-state index in [-0.39, 0.29) is 53.9 Å². The van der Waals surface area contributed by atoms with Crippen LogP contribution in [0.15, 0.2) is 129 Å². The molecular formula is C86H102N18O15. The minimum absolute atomic E-state index is 0. The molecular weight excluding hydrogens is 1530 g/mol. The molecule has 2 atom stereocenters.